The number of nitrogens with two attached hydrogens (primary N) is 1. The number of rotatable bonds is 7. The van der Waals surface area contributed by atoms with Crippen LogP contribution in [0.25, 0.3) is 5.95 Å². The molecule has 1 amide bonds. The SMILES string of the molecule is Cc1cc(C)cc(N(CCC#N)C(=O)CSc2nnc(-n3nc(C)cc3C)n2N)c1. The number of nitriles is 1. The lowest BCUT2D eigenvalue weighted by Crippen LogP contribution is -2.33. The van der Waals surface area contributed by atoms with Crippen molar-refractivity contribution in [2.75, 3.05) is 23.0 Å². The number of nitrogens with zero attached hydrogens (tertiary/aromatic N) is 7. The lowest BCUT2D eigenvalue weighted by atomic mass is 10.1. The lowest BCUT2D eigenvalue weighted by molar-refractivity contribution is -0.116. The van der Waals surface area contributed by atoms with E-state index in [0.717, 1.165) is 28.2 Å². The summed E-state index contributed by atoms with van der Waals surface area (Å²) in [5.74, 6) is 6.52. The summed E-state index contributed by atoms with van der Waals surface area (Å²) in [6.07, 6.45) is 0.249. The zero-order valence-corrected chi connectivity index (χ0v) is 18.3. The zero-order valence-electron chi connectivity index (χ0n) is 17.5. The number of carbonyl (C=O) groups excluding carboxylic acids is 1. The number of anilines is 1. The van der Waals surface area contributed by atoms with Crippen LogP contribution < -0.4 is 10.7 Å². The van der Waals surface area contributed by atoms with Crippen molar-refractivity contribution in [3.63, 3.8) is 0 Å². The molecule has 0 bridgehead atoms. The summed E-state index contributed by atoms with van der Waals surface area (Å²) in [5, 5.41) is 22.0. The highest BCUT2D eigenvalue weighted by molar-refractivity contribution is 7.99. The van der Waals surface area contributed by atoms with E-state index in [4.69, 9.17) is 11.1 Å². The highest BCUT2D eigenvalue weighted by Crippen LogP contribution is 2.23. The summed E-state index contributed by atoms with van der Waals surface area (Å²) in [5.41, 5.74) is 4.64. The van der Waals surface area contributed by atoms with E-state index in [1.54, 1.807) is 9.58 Å². The van der Waals surface area contributed by atoms with Crippen LogP contribution in [0.5, 0.6) is 0 Å². The fourth-order valence-corrected chi connectivity index (χ4v) is 3.94. The van der Waals surface area contributed by atoms with Gasteiger partial charge in [-0.2, -0.15) is 10.4 Å². The number of aromatic nitrogens is 5. The van der Waals surface area contributed by atoms with Gasteiger partial charge in [-0.05, 0) is 57.0 Å². The normalized spacial score (nSPS) is 10.8. The molecule has 0 aliphatic carbocycles. The summed E-state index contributed by atoms with van der Waals surface area (Å²) in [4.78, 5) is 14.6. The Bertz CT molecular complexity index is 1090. The molecular formula is C20H24N8OS. The quantitative estimate of drug-likeness (QED) is 0.457. The Hall–Kier alpha value is -3.32. The number of hydrogen-bond acceptors (Lipinski definition) is 7. The molecule has 0 unspecified atom stereocenters. The van der Waals surface area contributed by atoms with E-state index in [9.17, 15) is 4.79 Å². The van der Waals surface area contributed by atoms with E-state index in [1.807, 2.05) is 52.0 Å². The topological polar surface area (TPSA) is 119 Å². The number of benzene rings is 1. The van der Waals surface area contributed by atoms with Crippen LogP contribution in [0, 0.1) is 39.0 Å². The molecule has 0 aliphatic heterocycles. The van der Waals surface area contributed by atoms with Crippen molar-refractivity contribution in [1.29, 1.82) is 5.26 Å². The number of nitrogen functional groups attached to an aromatic ring is 1. The van der Waals surface area contributed by atoms with E-state index in [1.165, 1.54) is 16.4 Å². The molecule has 0 saturated heterocycles. The van der Waals surface area contributed by atoms with Crippen molar-refractivity contribution in [1.82, 2.24) is 24.7 Å². The molecule has 0 spiro atoms. The second-order valence-electron chi connectivity index (χ2n) is 7.08. The molecular weight excluding hydrogens is 400 g/mol. The summed E-state index contributed by atoms with van der Waals surface area (Å²) in [7, 11) is 0. The minimum Gasteiger partial charge on any atom is -0.334 e. The Balaban J connectivity index is 1.77. The first kappa shape index (κ1) is 21.4. The number of aryl methyl sites for hydroxylation is 4. The predicted molar refractivity (Wildman–Crippen MR) is 116 cm³/mol. The van der Waals surface area contributed by atoms with Gasteiger partial charge in [0, 0.05) is 17.9 Å². The molecule has 0 saturated carbocycles. The monoisotopic (exact) mass is 424 g/mol. The Morgan fingerprint density at radius 1 is 1.17 bits per heavy atom. The maximum absolute atomic E-state index is 13.0. The minimum atomic E-state index is -0.129. The standard InChI is InChI=1S/C20H24N8OS/c1-13-8-14(2)10-17(9-13)26(7-5-6-21)18(29)12-30-20-24-23-19(27(20)22)28-16(4)11-15(3)25-28/h8-11H,5,7,12,22H2,1-4H3. The van der Waals surface area contributed by atoms with Gasteiger partial charge in [0.05, 0.1) is 23.9 Å². The maximum atomic E-state index is 13.0. The van der Waals surface area contributed by atoms with Crippen LogP contribution in [0.15, 0.2) is 29.4 Å². The molecule has 10 heteroatoms. The second-order valence-corrected chi connectivity index (χ2v) is 8.02. The summed E-state index contributed by atoms with van der Waals surface area (Å²) >= 11 is 1.20. The van der Waals surface area contributed by atoms with Gasteiger partial charge in [0.2, 0.25) is 11.1 Å². The van der Waals surface area contributed by atoms with E-state index in [2.05, 4.69) is 21.4 Å². The first-order valence-corrected chi connectivity index (χ1v) is 10.4. The van der Waals surface area contributed by atoms with Crippen molar-refractivity contribution >= 4 is 23.4 Å². The Morgan fingerprint density at radius 2 is 1.87 bits per heavy atom. The number of amides is 1. The third-order valence-electron chi connectivity index (χ3n) is 4.44. The zero-order chi connectivity index (χ0) is 21.8. The molecule has 156 valence electrons. The van der Waals surface area contributed by atoms with Gasteiger partial charge < -0.3 is 10.7 Å². The van der Waals surface area contributed by atoms with Gasteiger partial charge in [-0.25, -0.2) is 9.36 Å². The number of thioether (sulfide) groups is 1. The Morgan fingerprint density at radius 3 is 2.47 bits per heavy atom. The van der Waals surface area contributed by atoms with Crippen LogP contribution >= 0.6 is 11.8 Å². The van der Waals surface area contributed by atoms with Gasteiger partial charge in [0.25, 0.3) is 5.95 Å². The summed E-state index contributed by atoms with van der Waals surface area (Å²) < 4.78 is 2.94. The van der Waals surface area contributed by atoms with Crippen LogP contribution in [0.4, 0.5) is 5.69 Å². The van der Waals surface area contributed by atoms with Crippen LogP contribution in [0.1, 0.15) is 28.9 Å². The van der Waals surface area contributed by atoms with Gasteiger partial charge in [0.15, 0.2) is 0 Å². The van der Waals surface area contributed by atoms with Crippen molar-refractivity contribution in [3.8, 4) is 12.0 Å². The van der Waals surface area contributed by atoms with Crippen molar-refractivity contribution in [2.24, 2.45) is 0 Å². The molecule has 0 radical (unpaired) electrons. The third-order valence-corrected chi connectivity index (χ3v) is 5.36. The number of hydrogen-bond donors (Lipinski definition) is 1. The van der Waals surface area contributed by atoms with Gasteiger partial charge >= 0.3 is 0 Å². The average Bonchev–Trinajstić information content (AvgIpc) is 3.20. The third kappa shape index (κ3) is 4.63. The average molecular weight is 425 g/mol. The highest BCUT2D eigenvalue weighted by Gasteiger charge is 2.20. The molecule has 3 aromatic rings. The highest BCUT2D eigenvalue weighted by atomic mass is 32.2. The summed E-state index contributed by atoms with van der Waals surface area (Å²) in [6.45, 7) is 8.08. The van der Waals surface area contributed by atoms with E-state index in [0.29, 0.717) is 17.6 Å². The predicted octanol–water partition coefficient (Wildman–Crippen LogP) is 2.45. The van der Waals surface area contributed by atoms with Crippen molar-refractivity contribution in [2.45, 2.75) is 39.3 Å². The Labute approximate surface area is 179 Å². The van der Waals surface area contributed by atoms with Crippen molar-refractivity contribution in [3.05, 3.63) is 46.8 Å². The molecule has 2 N–H and O–H groups in total. The number of carbonyl (C=O) groups is 1. The van der Waals surface area contributed by atoms with Crippen LogP contribution in [-0.2, 0) is 4.79 Å². The molecule has 3 rings (SSSR count). The van der Waals surface area contributed by atoms with Gasteiger partial charge in [-0.15, -0.1) is 10.2 Å². The van der Waals surface area contributed by atoms with Crippen LogP contribution in [0.2, 0.25) is 0 Å². The van der Waals surface area contributed by atoms with Gasteiger partial charge in [-0.1, -0.05) is 17.8 Å². The lowest BCUT2D eigenvalue weighted by Gasteiger charge is -2.22. The molecule has 0 atom stereocenters. The first-order chi connectivity index (χ1) is 14.3. The molecule has 1 aromatic carbocycles. The molecule has 30 heavy (non-hydrogen) atoms. The molecule has 9 nitrogen and oxygen atoms in total. The first-order valence-electron chi connectivity index (χ1n) is 9.42. The van der Waals surface area contributed by atoms with Crippen LogP contribution in [-0.4, -0.2) is 42.9 Å². The molecule has 2 aromatic heterocycles. The minimum absolute atomic E-state index is 0.116. The Kier molecular flexibility index (Phi) is 6.42. The smallest absolute Gasteiger partial charge is 0.271 e. The molecule has 0 fully saturated rings. The van der Waals surface area contributed by atoms with E-state index in [-0.39, 0.29) is 18.1 Å². The van der Waals surface area contributed by atoms with Gasteiger partial charge in [0.1, 0.15) is 0 Å². The molecule has 2 heterocycles. The van der Waals surface area contributed by atoms with E-state index >= 15 is 0 Å². The largest absolute Gasteiger partial charge is 0.334 e. The van der Waals surface area contributed by atoms with E-state index < -0.39 is 0 Å². The van der Waals surface area contributed by atoms with Crippen LogP contribution in [0.3, 0.4) is 0 Å². The van der Waals surface area contributed by atoms with Gasteiger partial charge in [-0.3, -0.25) is 4.79 Å². The van der Waals surface area contributed by atoms with Crippen molar-refractivity contribution < 1.29 is 4.79 Å². The summed E-state index contributed by atoms with van der Waals surface area (Å²) in [6, 6.07) is 9.96. The maximum Gasteiger partial charge on any atom is 0.271 e. The second kappa shape index (κ2) is 9.00. The fourth-order valence-electron chi connectivity index (χ4n) is 3.21. The molecule has 0 aliphatic rings. The fraction of sp³-hybridized carbons (Fsp3) is 0.350.